The minimum Gasteiger partial charge on any atom is -0.399 e. The molecule has 2 rings (SSSR count). The first-order chi connectivity index (χ1) is 9.61. The maximum Gasteiger partial charge on any atom is 0.250 e. The zero-order chi connectivity index (χ0) is 14.5. The van der Waals surface area contributed by atoms with Gasteiger partial charge in [0.05, 0.1) is 12.2 Å². The average molecular weight is 278 g/mol. The molecule has 0 aromatic heterocycles. The van der Waals surface area contributed by atoms with Crippen LogP contribution in [-0.2, 0) is 0 Å². The Hall–Kier alpha value is -1.79. The molecule has 0 radical (unpaired) electrons. The Kier molecular flexibility index (Phi) is 4.81. The molecule has 0 aliphatic carbocycles. The second-order valence-corrected chi connectivity index (χ2v) is 5.05. The number of rotatable bonds is 4. The van der Waals surface area contributed by atoms with Crippen LogP contribution in [0.3, 0.4) is 0 Å². The van der Waals surface area contributed by atoms with Gasteiger partial charge in [0.25, 0.3) is 5.91 Å². The van der Waals surface area contributed by atoms with Crippen molar-refractivity contribution in [2.24, 2.45) is 5.73 Å². The Labute approximate surface area is 119 Å². The van der Waals surface area contributed by atoms with Crippen molar-refractivity contribution in [3.63, 3.8) is 0 Å². The molecule has 0 atom stereocenters. The van der Waals surface area contributed by atoms with Crippen LogP contribution in [0.1, 0.15) is 16.8 Å². The van der Waals surface area contributed by atoms with Crippen LogP contribution in [0.15, 0.2) is 18.2 Å². The third-order valence-corrected chi connectivity index (χ3v) is 3.63. The molecule has 0 unspecified atom stereocenters. The molecule has 5 N–H and O–H groups in total. The molecule has 110 valence electrons. The van der Waals surface area contributed by atoms with Crippen LogP contribution in [0, 0.1) is 0 Å². The molecular formula is C14H22N4O2. The van der Waals surface area contributed by atoms with Crippen LogP contribution in [-0.4, -0.2) is 55.2 Å². The first-order valence-corrected chi connectivity index (χ1v) is 6.89. The van der Waals surface area contributed by atoms with Gasteiger partial charge >= 0.3 is 0 Å². The molecule has 20 heavy (non-hydrogen) atoms. The summed E-state index contributed by atoms with van der Waals surface area (Å²) in [4.78, 5) is 16.0. The fraction of sp³-hybridized carbons (Fsp3) is 0.500. The summed E-state index contributed by atoms with van der Waals surface area (Å²) >= 11 is 0. The Bertz CT molecular complexity index is 478. The average Bonchev–Trinajstić information content (AvgIpc) is 2.65. The van der Waals surface area contributed by atoms with Crippen LogP contribution in [0.2, 0.25) is 0 Å². The van der Waals surface area contributed by atoms with Crippen LogP contribution in [0.4, 0.5) is 11.4 Å². The predicted octanol–water partition coefficient (Wildman–Crippen LogP) is -0.128. The maximum atomic E-state index is 11.6. The van der Waals surface area contributed by atoms with Gasteiger partial charge in [-0.3, -0.25) is 9.69 Å². The van der Waals surface area contributed by atoms with Crippen LogP contribution < -0.4 is 16.4 Å². The van der Waals surface area contributed by atoms with E-state index in [-0.39, 0.29) is 6.61 Å². The maximum absolute atomic E-state index is 11.6. The van der Waals surface area contributed by atoms with Gasteiger partial charge in [-0.15, -0.1) is 0 Å². The number of primary amides is 1. The van der Waals surface area contributed by atoms with Gasteiger partial charge in [-0.1, -0.05) is 0 Å². The number of aliphatic hydroxyl groups is 1. The van der Waals surface area contributed by atoms with Crippen molar-refractivity contribution >= 4 is 17.3 Å². The number of amides is 1. The lowest BCUT2D eigenvalue weighted by Crippen LogP contribution is -2.33. The largest absolute Gasteiger partial charge is 0.399 e. The Morgan fingerprint density at radius 1 is 1.25 bits per heavy atom. The van der Waals surface area contributed by atoms with Gasteiger partial charge in [-0.2, -0.15) is 0 Å². The summed E-state index contributed by atoms with van der Waals surface area (Å²) < 4.78 is 0. The minimum atomic E-state index is -0.455. The lowest BCUT2D eigenvalue weighted by Gasteiger charge is -2.25. The van der Waals surface area contributed by atoms with Gasteiger partial charge in [0, 0.05) is 37.6 Å². The lowest BCUT2D eigenvalue weighted by atomic mass is 10.1. The van der Waals surface area contributed by atoms with E-state index >= 15 is 0 Å². The highest BCUT2D eigenvalue weighted by atomic mass is 16.3. The molecule has 1 heterocycles. The molecular weight excluding hydrogens is 256 g/mol. The standard InChI is InChI=1S/C14H22N4O2/c15-11-2-3-13(12(10-11)14(16)20)18-5-1-4-17(6-7-18)8-9-19/h2-3,10,19H,1,4-9,15H2,(H2,16,20). The van der Waals surface area contributed by atoms with Gasteiger partial charge < -0.3 is 21.5 Å². The van der Waals surface area contributed by atoms with Crippen molar-refractivity contribution in [1.29, 1.82) is 0 Å². The zero-order valence-electron chi connectivity index (χ0n) is 11.6. The van der Waals surface area contributed by atoms with Crippen molar-refractivity contribution in [1.82, 2.24) is 4.90 Å². The molecule has 0 spiro atoms. The Balaban J connectivity index is 2.17. The molecule has 1 fully saturated rings. The van der Waals surface area contributed by atoms with Crippen LogP contribution >= 0.6 is 0 Å². The third kappa shape index (κ3) is 3.40. The highest BCUT2D eigenvalue weighted by Gasteiger charge is 2.19. The number of β-amino-alcohol motifs (C(OH)–C–C–N with tert-alkyl or cyclic N) is 1. The third-order valence-electron chi connectivity index (χ3n) is 3.63. The number of hydrogen-bond donors (Lipinski definition) is 3. The van der Waals surface area contributed by atoms with Gasteiger partial charge in [0.15, 0.2) is 0 Å². The Morgan fingerprint density at radius 3 is 2.75 bits per heavy atom. The number of benzene rings is 1. The molecule has 0 bridgehead atoms. The van der Waals surface area contributed by atoms with Crippen LogP contribution in [0.25, 0.3) is 0 Å². The fourth-order valence-corrected chi connectivity index (χ4v) is 2.60. The number of hydrogen-bond acceptors (Lipinski definition) is 5. The molecule has 1 amide bonds. The highest BCUT2D eigenvalue weighted by Crippen LogP contribution is 2.24. The molecule has 6 nitrogen and oxygen atoms in total. The Morgan fingerprint density at radius 2 is 2.05 bits per heavy atom. The summed E-state index contributed by atoms with van der Waals surface area (Å²) in [6.45, 7) is 4.37. The number of aliphatic hydroxyl groups excluding tert-OH is 1. The van der Waals surface area contributed by atoms with Gasteiger partial charge in [0.1, 0.15) is 0 Å². The van der Waals surface area contributed by atoms with E-state index in [1.54, 1.807) is 12.1 Å². The number of carbonyl (C=O) groups excluding carboxylic acids is 1. The van der Waals surface area contributed by atoms with E-state index in [2.05, 4.69) is 9.80 Å². The fourth-order valence-electron chi connectivity index (χ4n) is 2.60. The van der Waals surface area contributed by atoms with E-state index < -0.39 is 5.91 Å². The van der Waals surface area contributed by atoms with Crippen molar-refractivity contribution in [2.45, 2.75) is 6.42 Å². The predicted molar refractivity (Wildman–Crippen MR) is 79.7 cm³/mol. The van der Waals surface area contributed by atoms with Crippen molar-refractivity contribution < 1.29 is 9.90 Å². The van der Waals surface area contributed by atoms with E-state index in [1.165, 1.54) is 0 Å². The topological polar surface area (TPSA) is 95.8 Å². The summed E-state index contributed by atoms with van der Waals surface area (Å²) in [5.41, 5.74) is 13.0. The van der Waals surface area contributed by atoms with Crippen molar-refractivity contribution in [2.75, 3.05) is 50.0 Å². The second kappa shape index (κ2) is 6.58. The first-order valence-electron chi connectivity index (χ1n) is 6.89. The molecule has 1 aliphatic rings. The van der Waals surface area contributed by atoms with Crippen molar-refractivity contribution in [3.8, 4) is 0 Å². The van der Waals surface area contributed by atoms with Gasteiger partial charge in [-0.05, 0) is 31.2 Å². The summed E-state index contributed by atoms with van der Waals surface area (Å²) in [5, 5.41) is 9.01. The summed E-state index contributed by atoms with van der Waals surface area (Å²) in [6, 6.07) is 5.28. The van der Waals surface area contributed by atoms with Gasteiger partial charge in [0.2, 0.25) is 0 Å². The molecule has 1 aromatic carbocycles. The molecule has 6 heteroatoms. The lowest BCUT2D eigenvalue weighted by molar-refractivity contribution is 0.100. The van der Waals surface area contributed by atoms with E-state index in [1.807, 2.05) is 6.07 Å². The summed E-state index contributed by atoms with van der Waals surface area (Å²) in [5.74, 6) is -0.455. The quantitative estimate of drug-likeness (QED) is 0.667. The number of carbonyl (C=O) groups is 1. The molecule has 0 saturated carbocycles. The summed E-state index contributed by atoms with van der Waals surface area (Å²) in [6.07, 6.45) is 0.989. The smallest absolute Gasteiger partial charge is 0.250 e. The van der Waals surface area contributed by atoms with Gasteiger partial charge in [-0.25, -0.2) is 0 Å². The number of nitrogen functional groups attached to an aromatic ring is 1. The van der Waals surface area contributed by atoms with E-state index in [0.717, 1.165) is 38.3 Å². The molecule has 1 aromatic rings. The van der Waals surface area contributed by atoms with E-state index in [9.17, 15) is 4.79 Å². The SMILES string of the molecule is NC(=O)c1cc(N)ccc1N1CCCN(CCO)CC1. The highest BCUT2D eigenvalue weighted by molar-refractivity contribution is 5.99. The van der Waals surface area contributed by atoms with E-state index in [0.29, 0.717) is 17.8 Å². The zero-order valence-corrected chi connectivity index (χ0v) is 11.6. The summed E-state index contributed by atoms with van der Waals surface area (Å²) in [7, 11) is 0. The molecule has 1 aliphatic heterocycles. The first kappa shape index (κ1) is 14.6. The second-order valence-electron chi connectivity index (χ2n) is 5.05. The number of anilines is 2. The van der Waals surface area contributed by atoms with Crippen molar-refractivity contribution in [3.05, 3.63) is 23.8 Å². The number of nitrogens with two attached hydrogens (primary N) is 2. The normalized spacial score (nSPS) is 16.9. The van der Waals surface area contributed by atoms with Crippen LogP contribution in [0.5, 0.6) is 0 Å². The minimum absolute atomic E-state index is 0.175. The number of nitrogens with zero attached hydrogens (tertiary/aromatic N) is 2. The van der Waals surface area contributed by atoms with E-state index in [4.69, 9.17) is 16.6 Å². The monoisotopic (exact) mass is 278 g/mol. The molecule has 1 saturated heterocycles.